The predicted molar refractivity (Wildman–Crippen MR) is 95.4 cm³/mol. The SMILES string of the molecule is COc1ccc(F)cc1S(=O)(=O)N1CCn2nc(C(=O)NC(C)C)cc2C1. The van der Waals surface area contributed by atoms with Crippen molar-refractivity contribution in [2.45, 2.75) is 37.9 Å². The fourth-order valence-corrected chi connectivity index (χ4v) is 4.46. The first-order valence-corrected chi connectivity index (χ1v) is 9.87. The number of nitrogens with zero attached hydrogens (tertiary/aromatic N) is 3. The van der Waals surface area contributed by atoms with E-state index in [1.165, 1.54) is 17.5 Å². The molecule has 0 saturated carbocycles. The van der Waals surface area contributed by atoms with E-state index in [-0.39, 0.29) is 41.4 Å². The molecule has 3 rings (SSSR count). The van der Waals surface area contributed by atoms with Crippen molar-refractivity contribution in [1.29, 1.82) is 0 Å². The first kappa shape index (κ1) is 19.3. The summed E-state index contributed by atoms with van der Waals surface area (Å²) in [5.74, 6) is -0.898. The number of nitrogens with one attached hydrogen (secondary N) is 1. The van der Waals surface area contributed by atoms with Gasteiger partial charge in [0, 0.05) is 12.6 Å². The Bertz CT molecular complexity index is 971. The molecule has 10 heteroatoms. The Balaban J connectivity index is 1.88. The third-order valence-electron chi connectivity index (χ3n) is 4.16. The van der Waals surface area contributed by atoms with Gasteiger partial charge >= 0.3 is 0 Å². The summed E-state index contributed by atoms with van der Waals surface area (Å²) in [6, 6.07) is 4.91. The van der Waals surface area contributed by atoms with Crippen molar-refractivity contribution < 1.29 is 22.3 Å². The molecule has 8 nitrogen and oxygen atoms in total. The molecule has 146 valence electrons. The quantitative estimate of drug-likeness (QED) is 0.824. The smallest absolute Gasteiger partial charge is 0.271 e. The molecule has 2 heterocycles. The van der Waals surface area contributed by atoms with E-state index in [1.54, 1.807) is 10.7 Å². The number of benzene rings is 1. The molecule has 0 unspecified atom stereocenters. The zero-order valence-corrected chi connectivity index (χ0v) is 16.1. The highest BCUT2D eigenvalue weighted by molar-refractivity contribution is 7.89. The van der Waals surface area contributed by atoms with Gasteiger partial charge < -0.3 is 10.1 Å². The number of methoxy groups -OCH3 is 1. The van der Waals surface area contributed by atoms with Crippen molar-refractivity contribution in [2.75, 3.05) is 13.7 Å². The number of carbonyl (C=O) groups is 1. The zero-order chi connectivity index (χ0) is 19.8. The molecule has 1 aliphatic heterocycles. The van der Waals surface area contributed by atoms with E-state index in [4.69, 9.17) is 4.74 Å². The molecule has 0 radical (unpaired) electrons. The van der Waals surface area contributed by atoms with Gasteiger partial charge in [0.05, 0.1) is 25.9 Å². The Morgan fingerprint density at radius 1 is 1.30 bits per heavy atom. The van der Waals surface area contributed by atoms with Crippen molar-refractivity contribution in [3.63, 3.8) is 0 Å². The van der Waals surface area contributed by atoms with Gasteiger partial charge in [-0.15, -0.1) is 0 Å². The summed E-state index contributed by atoms with van der Waals surface area (Å²) in [7, 11) is -2.64. The monoisotopic (exact) mass is 396 g/mol. The molecular formula is C17H21FN4O4S. The number of fused-ring (bicyclic) bond motifs is 1. The highest BCUT2D eigenvalue weighted by Crippen LogP contribution is 2.29. The summed E-state index contributed by atoms with van der Waals surface area (Å²) in [6.07, 6.45) is 0. The van der Waals surface area contributed by atoms with Crippen LogP contribution in [0.1, 0.15) is 30.0 Å². The van der Waals surface area contributed by atoms with Crippen LogP contribution in [0.2, 0.25) is 0 Å². The fraction of sp³-hybridized carbons (Fsp3) is 0.412. The Morgan fingerprint density at radius 3 is 2.70 bits per heavy atom. The average Bonchev–Trinajstić information content (AvgIpc) is 3.04. The number of sulfonamides is 1. The summed E-state index contributed by atoms with van der Waals surface area (Å²) >= 11 is 0. The maximum absolute atomic E-state index is 13.6. The number of rotatable bonds is 5. The van der Waals surface area contributed by atoms with E-state index in [0.717, 1.165) is 12.1 Å². The minimum atomic E-state index is -3.97. The van der Waals surface area contributed by atoms with Crippen LogP contribution in [0.5, 0.6) is 5.75 Å². The van der Waals surface area contributed by atoms with Crippen LogP contribution >= 0.6 is 0 Å². The zero-order valence-electron chi connectivity index (χ0n) is 15.3. The van der Waals surface area contributed by atoms with Crippen LogP contribution < -0.4 is 10.1 Å². The molecule has 27 heavy (non-hydrogen) atoms. The van der Waals surface area contributed by atoms with Gasteiger partial charge in [-0.2, -0.15) is 9.40 Å². The summed E-state index contributed by atoms with van der Waals surface area (Å²) in [6.45, 7) is 4.16. The number of hydrogen-bond donors (Lipinski definition) is 1. The van der Waals surface area contributed by atoms with Crippen LogP contribution in [-0.4, -0.2) is 48.1 Å². The molecule has 0 spiro atoms. The van der Waals surface area contributed by atoms with E-state index >= 15 is 0 Å². The second-order valence-electron chi connectivity index (χ2n) is 6.51. The third kappa shape index (κ3) is 3.81. The number of hydrogen-bond acceptors (Lipinski definition) is 5. The first-order valence-electron chi connectivity index (χ1n) is 8.43. The lowest BCUT2D eigenvalue weighted by atomic mass is 10.3. The third-order valence-corrected chi connectivity index (χ3v) is 6.03. The van der Waals surface area contributed by atoms with Gasteiger partial charge in [-0.05, 0) is 38.1 Å². The fourth-order valence-electron chi connectivity index (χ4n) is 2.89. The molecule has 1 amide bonds. The summed E-state index contributed by atoms with van der Waals surface area (Å²) < 4.78 is 47.5. The molecule has 1 N–H and O–H groups in total. The summed E-state index contributed by atoms with van der Waals surface area (Å²) in [4.78, 5) is 11.9. The second-order valence-corrected chi connectivity index (χ2v) is 8.41. The highest BCUT2D eigenvalue weighted by atomic mass is 32.2. The van der Waals surface area contributed by atoms with Crippen LogP contribution in [0, 0.1) is 5.82 Å². The Morgan fingerprint density at radius 2 is 2.04 bits per heavy atom. The molecule has 1 aliphatic rings. The van der Waals surface area contributed by atoms with E-state index in [1.807, 2.05) is 13.8 Å². The molecule has 0 aliphatic carbocycles. The largest absolute Gasteiger partial charge is 0.495 e. The standard InChI is InChI=1S/C17H21FN4O4S/c1-11(2)19-17(23)14-9-13-10-21(6-7-22(13)20-14)27(24,25)16-8-12(18)4-5-15(16)26-3/h4-5,8-9,11H,6-7,10H2,1-3H3,(H,19,23). The van der Waals surface area contributed by atoms with Gasteiger partial charge in [0.25, 0.3) is 5.91 Å². The van der Waals surface area contributed by atoms with Gasteiger partial charge in [0.15, 0.2) is 5.69 Å². The van der Waals surface area contributed by atoms with Gasteiger partial charge in [-0.1, -0.05) is 0 Å². The molecule has 1 aromatic heterocycles. The van der Waals surface area contributed by atoms with Crippen LogP contribution in [0.25, 0.3) is 0 Å². The number of amides is 1. The Hall–Kier alpha value is -2.46. The highest BCUT2D eigenvalue weighted by Gasteiger charge is 2.32. The normalized spacial score (nSPS) is 14.9. The van der Waals surface area contributed by atoms with Gasteiger partial charge in [0.1, 0.15) is 16.5 Å². The lowest BCUT2D eigenvalue weighted by molar-refractivity contribution is 0.0937. The average molecular weight is 396 g/mol. The molecule has 0 fully saturated rings. The second kappa shape index (κ2) is 7.28. The predicted octanol–water partition coefficient (Wildman–Crippen LogP) is 1.37. The lowest BCUT2D eigenvalue weighted by Gasteiger charge is -2.27. The van der Waals surface area contributed by atoms with E-state index in [0.29, 0.717) is 12.2 Å². The minimum Gasteiger partial charge on any atom is -0.495 e. The van der Waals surface area contributed by atoms with Gasteiger partial charge in [0.2, 0.25) is 10.0 Å². The van der Waals surface area contributed by atoms with Crippen LogP contribution in [0.4, 0.5) is 4.39 Å². The van der Waals surface area contributed by atoms with Crippen molar-refractivity contribution in [1.82, 2.24) is 19.4 Å². The van der Waals surface area contributed by atoms with E-state index < -0.39 is 15.8 Å². The van der Waals surface area contributed by atoms with Crippen molar-refractivity contribution >= 4 is 15.9 Å². The molecule has 0 bridgehead atoms. The number of carbonyl (C=O) groups excluding carboxylic acids is 1. The van der Waals surface area contributed by atoms with Gasteiger partial charge in [-0.25, -0.2) is 12.8 Å². The van der Waals surface area contributed by atoms with Crippen LogP contribution in [0.3, 0.4) is 0 Å². The summed E-state index contributed by atoms with van der Waals surface area (Å²) in [5, 5.41) is 6.99. The van der Waals surface area contributed by atoms with Crippen molar-refractivity contribution in [2.24, 2.45) is 0 Å². The molecule has 1 aromatic carbocycles. The van der Waals surface area contributed by atoms with E-state index in [2.05, 4.69) is 10.4 Å². The Kier molecular flexibility index (Phi) is 5.20. The Labute approximate surface area is 157 Å². The number of aromatic nitrogens is 2. The minimum absolute atomic E-state index is 0.0317. The first-order chi connectivity index (χ1) is 12.7. The summed E-state index contributed by atoms with van der Waals surface area (Å²) in [5.41, 5.74) is 0.829. The maximum Gasteiger partial charge on any atom is 0.271 e. The molecule has 2 aromatic rings. The number of ether oxygens (including phenoxy) is 1. The lowest BCUT2D eigenvalue weighted by Crippen LogP contribution is -2.38. The van der Waals surface area contributed by atoms with Crippen LogP contribution in [0.15, 0.2) is 29.2 Å². The van der Waals surface area contributed by atoms with Crippen molar-refractivity contribution in [3.05, 3.63) is 41.5 Å². The maximum atomic E-state index is 13.6. The number of halogens is 1. The topological polar surface area (TPSA) is 93.5 Å². The molecule has 0 atom stereocenters. The van der Waals surface area contributed by atoms with Gasteiger partial charge in [-0.3, -0.25) is 9.48 Å². The van der Waals surface area contributed by atoms with E-state index in [9.17, 15) is 17.6 Å². The molecule has 0 saturated heterocycles. The van der Waals surface area contributed by atoms with Crippen molar-refractivity contribution in [3.8, 4) is 5.75 Å². The van der Waals surface area contributed by atoms with Crippen LogP contribution in [-0.2, 0) is 23.1 Å². The molecular weight excluding hydrogens is 375 g/mol.